The van der Waals surface area contributed by atoms with Crippen LogP contribution in [0.2, 0.25) is 5.02 Å². The van der Waals surface area contributed by atoms with Crippen molar-refractivity contribution in [3.8, 4) is 0 Å². The number of rotatable bonds is 5. The van der Waals surface area contributed by atoms with Gasteiger partial charge >= 0.3 is 6.09 Å². The Morgan fingerprint density at radius 2 is 1.96 bits per heavy atom. The molecule has 0 saturated carbocycles. The van der Waals surface area contributed by atoms with Gasteiger partial charge in [0.15, 0.2) is 0 Å². The molecule has 1 aromatic carbocycles. The summed E-state index contributed by atoms with van der Waals surface area (Å²) in [5.41, 5.74) is 2.13. The number of amides is 1. The van der Waals surface area contributed by atoms with E-state index in [1.54, 1.807) is 0 Å². The fourth-order valence-electron chi connectivity index (χ4n) is 3.68. The quantitative estimate of drug-likeness (QED) is 0.750. The van der Waals surface area contributed by atoms with Gasteiger partial charge in [-0.2, -0.15) is 0 Å². The van der Waals surface area contributed by atoms with Crippen LogP contribution in [0.4, 0.5) is 10.5 Å². The number of halogens is 1. The Morgan fingerprint density at radius 3 is 2.59 bits per heavy atom. The van der Waals surface area contributed by atoms with Crippen molar-refractivity contribution in [3.05, 3.63) is 28.8 Å². The fourth-order valence-corrected chi connectivity index (χ4v) is 4.65. The fraction of sp³-hybridized carbons (Fsp3) is 0.588. The molecule has 0 aromatic heterocycles. The minimum atomic E-state index is -3.23. The predicted molar refractivity (Wildman–Crippen MR) is 105 cm³/mol. The molecule has 2 fully saturated rings. The first-order valence-electron chi connectivity index (χ1n) is 8.92. The van der Waals surface area contributed by atoms with Crippen molar-refractivity contribution in [2.75, 3.05) is 50.4 Å². The number of carboxylic acid groups (broad SMARTS) is 1. The van der Waals surface area contributed by atoms with E-state index in [0.717, 1.165) is 24.2 Å². The Bertz CT molecular complexity index is 796. The van der Waals surface area contributed by atoms with Gasteiger partial charge in [-0.15, -0.1) is 0 Å². The Kier molecular flexibility index (Phi) is 6.15. The molecule has 0 unspecified atom stereocenters. The van der Waals surface area contributed by atoms with Gasteiger partial charge < -0.3 is 14.9 Å². The molecular formula is C17H25ClN4O4S. The zero-order valence-electron chi connectivity index (χ0n) is 15.3. The first-order chi connectivity index (χ1) is 12.7. The van der Waals surface area contributed by atoms with Crippen LogP contribution >= 0.6 is 11.6 Å². The number of hydrogen-bond acceptors (Lipinski definition) is 5. The van der Waals surface area contributed by atoms with Gasteiger partial charge in [0, 0.05) is 62.6 Å². The molecule has 0 spiro atoms. The molecule has 0 bridgehead atoms. The van der Waals surface area contributed by atoms with Gasteiger partial charge in [0.1, 0.15) is 0 Å². The Hall–Kier alpha value is -1.55. The molecule has 27 heavy (non-hydrogen) atoms. The van der Waals surface area contributed by atoms with E-state index in [1.807, 2.05) is 18.2 Å². The lowest BCUT2D eigenvalue weighted by molar-refractivity contribution is 0.103. The van der Waals surface area contributed by atoms with E-state index in [2.05, 4.69) is 14.5 Å². The van der Waals surface area contributed by atoms with Crippen molar-refractivity contribution < 1.29 is 18.3 Å². The predicted octanol–water partition coefficient (Wildman–Crippen LogP) is 1.26. The van der Waals surface area contributed by atoms with Crippen molar-refractivity contribution in [1.82, 2.24) is 14.5 Å². The van der Waals surface area contributed by atoms with E-state index in [9.17, 15) is 13.2 Å². The van der Waals surface area contributed by atoms with Crippen molar-refractivity contribution in [2.24, 2.45) is 0 Å². The molecule has 3 rings (SSSR count). The second-order valence-electron chi connectivity index (χ2n) is 7.14. The van der Waals surface area contributed by atoms with Gasteiger partial charge in [0.2, 0.25) is 10.0 Å². The summed E-state index contributed by atoms with van der Waals surface area (Å²) in [5.74, 6) is 0. The van der Waals surface area contributed by atoms with Gasteiger partial charge in [-0.1, -0.05) is 17.7 Å². The number of anilines is 1. The van der Waals surface area contributed by atoms with Crippen LogP contribution in [-0.4, -0.2) is 81.0 Å². The van der Waals surface area contributed by atoms with Gasteiger partial charge in [-0.25, -0.2) is 17.9 Å². The van der Waals surface area contributed by atoms with Gasteiger partial charge in [-0.3, -0.25) is 4.90 Å². The molecule has 2 saturated heterocycles. The number of hydrogen-bond donors (Lipinski definition) is 2. The number of nitrogens with one attached hydrogen (secondary N) is 1. The highest BCUT2D eigenvalue weighted by Crippen LogP contribution is 2.29. The number of nitrogens with zero attached hydrogens (tertiary/aromatic N) is 3. The highest BCUT2D eigenvalue weighted by Gasteiger charge is 2.27. The summed E-state index contributed by atoms with van der Waals surface area (Å²) >= 11 is 6.21. The molecule has 10 heteroatoms. The average molecular weight is 417 g/mol. The van der Waals surface area contributed by atoms with Crippen LogP contribution in [0, 0.1) is 0 Å². The summed E-state index contributed by atoms with van der Waals surface area (Å²) in [7, 11) is -3.23. The zero-order chi connectivity index (χ0) is 19.6. The second-order valence-corrected chi connectivity index (χ2v) is 9.36. The van der Waals surface area contributed by atoms with E-state index in [0.29, 0.717) is 44.3 Å². The van der Waals surface area contributed by atoms with Crippen molar-refractivity contribution in [2.45, 2.75) is 19.0 Å². The van der Waals surface area contributed by atoms with Crippen LogP contribution in [0.15, 0.2) is 18.2 Å². The van der Waals surface area contributed by atoms with E-state index in [4.69, 9.17) is 16.7 Å². The van der Waals surface area contributed by atoms with E-state index in [1.165, 1.54) is 11.2 Å². The number of sulfonamides is 1. The van der Waals surface area contributed by atoms with E-state index >= 15 is 0 Å². The maximum absolute atomic E-state index is 11.5. The lowest BCUT2D eigenvalue weighted by Gasteiger charge is -2.34. The lowest BCUT2D eigenvalue weighted by Crippen LogP contribution is -2.47. The molecule has 1 aromatic rings. The molecule has 150 valence electrons. The third-order valence-corrected chi connectivity index (χ3v) is 5.99. The topological polar surface area (TPSA) is 93.2 Å². The lowest BCUT2D eigenvalue weighted by atomic mass is 10.1. The third kappa shape index (κ3) is 5.47. The molecule has 8 nitrogen and oxygen atoms in total. The monoisotopic (exact) mass is 416 g/mol. The van der Waals surface area contributed by atoms with Crippen LogP contribution in [0.1, 0.15) is 12.0 Å². The van der Waals surface area contributed by atoms with Gasteiger partial charge in [-0.05, 0) is 24.1 Å². The van der Waals surface area contributed by atoms with E-state index in [-0.39, 0.29) is 6.04 Å². The number of benzene rings is 1. The maximum atomic E-state index is 11.5. The van der Waals surface area contributed by atoms with E-state index < -0.39 is 16.1 Å². The summed E-state index contributed by atoms with van der Waals surface area (Å²) in [5, 5.41) is 9.72. The molecule has 2 heterocycles. The van der Waals surface area contributed by atoms with Gasteiger partial charge in [0.05, 0.1) is 6.26 Å². The standard InChI is InChI=1S/C17H25ClN4O4S/c1-27(25,26)19-15-4-5-22(12-15)16-10-14(18)3-2-13(16)11-20-6-8-21(9-7-20)17(23)24/h2-3,10,15,19H,4-9,11-12H2,1H3,(H,23,24)/t15-/m0/s1. The van der Waals surface area contributed by atoms with Crippen LogP contribution < -0.4 is 9.62 Å². The first-order valence-corrected chi connectivity index (χ1v) is 11.2. The average Bonchev–Trinajstić information content (AvgIpc) is 3.03. The minimum absolute atomic E-state index is 0.106. The summed E-state index contributed by atoms with van der Waals surface area (Å²) in [6, 6.07) is 5.67. The normalized spacial score (nSPS) is 21.6. The first kappa shape index (κ1) is 20.2. The molecule has 0 aliphatic carbocycles. The molecular weight excluding hydrogens is 392 g/mol. The summed E-state index contributed by atoms with van der Waals surface area (Å²) in [4.78, 5) is 16.9. The molecule has 2 aliphatic heterocycles. The highest BCUT2D eigenvalue weighted by atomic mass is 35.5. The molecule has 0 radical (unpaired) electrons. The Morgan fingerprint density at radius 1 is 1.26 bits per heavy atom. The summed E-state index contributed by atoms with van der Waals surface area (Å²) in [6.07, 6.45) is 1.05. The second kappa shape index (κ2) is 8.22. The van der Waals surface area contributed by atoms with Crippen molar-refractivity contribution in [1.29, 1.82) is 0 Å². The van der Waals surface area contributed by atoms with Crippen LogP contribution in [0.5, 0.6) is 0 Å². The SMILES string of the molecule is CS(=O)(=O)N[C@H]1CCN(c2cc(Cl)ccc2CN2CCN(C(=O)O)CC2)C1. The van der Waals surface area contributed by atoms with Crippen LogP contribution in [0.25, 0.3) is 0 Å². The zero-order valence-corrected chi connectivity index (χ0v) is 16.8. The third-order valence-electron chi connectivity index (χ3n) is 4.99. The minimum Gasteiger partial charge on any atom is -0.465 e. The largest absolute Gasteiger partial charge is 0.465 e. The molecule has 2 aliphatic rings. The highest BCUT2D eigenvalue weighted by molar-refractivity contribution is 7.88. The van der Waals surface area contributed by atoms with Gasteiger partial charge in [0.25, 0.3) is 0 Å². The molecule has 1 amide bonds. The van der Waals surface area contributed by atoms with Crippen molar-refractivity contribution in [3.63, 3.8) is 0 Å². The van der Waals surface area contributed by atoms with Crippen LogP contribution in [-0.2, 0) is 16.6 Å². The summed E-state index contributed by atoms with van der Waals surface area (Å²) < 4.78 is 25.6. The number of piperazine rings is 1. The Labute approximate surface area is 164 Å². The molecule has 2 N–H and O–H groups in total. The maximum Gasteiger partial charge on any atom is 0.407 e. The smallest absolute Gasteiger partial charge is 0.407 e. The number of carbonyl (C=O) groups is 1. The van der Waals surface area contributed by atoms with Crippen molar-refractivity contribution >= 4 is 33.4 Å². The molecule has 1 atom stereocenters. The Balaban J connectivity index is 1.68. The summed E-state index contributed by atoms with van der Waals surface area (Å²) in [6.45, 7) is 4.45. The van der Waals surface area contributed by atoms with Crippen LogP contribution in [0.3, 0.4) is 0 Å².